The lowest BCUT2D eigenvalue weighted by Gasteiger charge is -2.34. The van der Waals surface area contributed by atoms with E-state index >= 15 is 0 Å². The minimum atomic E-state index is -3.27. The number of rotatable bonds is 5. The lowest BCUT2D eigenvalue weighted by molar-refractivity contribution is -0.133. The smallest absolute Gasteiger partial charge is 0.241 e. The van der Waals surface area contributed by atoms with Crippen LogP contribution in [0.1, 0.15) is 12.8 Å². The molecule has 2 fully saturated rings. The van der Waals surface area contributed by atoms with Gasteiger partial charge in [-0.2, -0.15) is 0 Å². The maximum Gasteiger partial charge on any atom is 0.241 e. The summed E-state index contributed by atoms with van der Waals surface area (Å²) >= 11 is 0. The van der Waals surface area contributed by atoms with E-state index in [4.69, 9.17) is 0 Å². The molecule has 2 saturated heterocycles. The summed E-state index contributed by atoms with van der Waals surface area (Å²) in [7, 11) is -3.27. The van der Waals surface area contributed by atoms with Crippen LogP contribution in [0.4, 0.5) is 0 Å². The molecule has 0 radical (unpaired) electrons. The first-order valence-corrected chi connectivity index (χ1v) is 10.2. The van der Waals surface area contributed by atoms with E-state index in [0.29, 0.717) is 18.0 Å². The number of benzene rings is 1. The van der Waals surface area contributed by atoms with E-state index in [1.165, 1.54) is 0 Å². The molecule has 0 spiro atoms. The highest BCUT2D eigenvalue weighted by Crippen LogP contribution is 2.13. The topological polar surface area (TPSA) is 69.7 Å². The molecule has 0 aromatic heterocycles. The molecule has 1 aromatic carbocycles. The van der Waals surface area contributed by atoms with Crippen molar-refractivity contribution in [1.29, 1.82) is 0 Å². The molecule has 1 aromatic rings. The van der Waals surface area contributed by atoms with Crippen LogP contribution in [-0.2, 0) is 14.6 Å². The summed E-state index contributed by atoms with van der Waals surface area (Å²) in [5, 5.41) is 3.27. The van der Waals surface area contributed by atoms with E-state index in [0.717, 1.165) is 39.0 Å². The number of hydrogen-bond donors (Lipinski definition) is 1. The van der Waals surface area contributed by atoms with E-state index in [1.54, 1.807) is 24.3 Å². The van der Waals surface area contributed by atoms with Gasteiger partial charge in [0.2, 0.25) is 5.91 Å². The molecule has 132 valence electrons. The Balaban J connectivity index is 1.55. The summed E-state index contributed by atoms with van der Waals surface area (Å²) in [6, 6.07) is 8.34. The molecule has 6 nitrogen and oxygen atoms in total. The fraction of sp³-hybridized carbons (Fsp3) is 0.588. The molecule has 2 aliphatic rings. The van der Waals surface area contributed by atoms with Gasteiger partial charge in [-0.25, -0.2) is 8.42 Å². The van der Waals surface area contributed by atoms with Crippen molar-refractivity contribution in [3.8, 4) is 0 Å². The van der Waals surface area contributed by atoms with Crippen molar-refractivity contribution in [2.45, 2.75) is 23.8 Å². The number of nitrogens with one attached hydrogen (secondary N) is 1. The van der Waals surface area contributed by atoms with Crippen molar-refractivity contribution in [3.05, 3.63) is 30.3 Å². The van der Waals surface area contributed by atoms with Crippen LogP contribution in [0.3, 0.4) is 0 Å². The summed E-state index contributed by atoms with van der Waals surface area (Å²) in [6.07, 6.45) is 2.16. The van der Waals surface area contributed by atoms with Gasteiger partial charge >= 0.3 is 0 Å². The van der Waals surface area contributed by atoms with E-state index in [9.17, 15) is 13.2 Å². The third kappa shape index (κ3) is 4.15. The van der Waals surface area contributed by atoms with Crippen LogP contribution in [0.25, 0.3) is 0 Å². The molecule has 1 N–H and O–H groups in total. The molecule has 1 atom stereocenters. The molecule has 3 rings (SSSR count). The summed E-state index contributed by atoms with van der Waals surface area (Å²) in [5.74, 6) is 0.241. The van der Waals surface area contributed by atoms with Crippen molar-refractivity contribution < 1.29 is 13.2 Å². The van der Waals surface area contributed by atoms with Gasteiger partial charge in [-0.3, -0.25) is 9.69 Å². The third-order valence-electron chi connectivity index (χ3n) is 4.75. The Bertz CT molecular complexity index is 657. The Labute approximate surface area is 143 Å². The van der Waals surface area contributed by atoms with Gasteiger partial charge in [-0.15, -0.1) is 0 Å². The highest BCUT2D eigenvalue weighted by molar-refractivity contribution is 7.91. The molecule has 2 aliphatic heterocycles. The Hall–Kier alpha value is -1.44. The molecule has 7 heteroatoms. The van der Waals surface area contributed by atoms with E-state index in [1.807, 2.05) is 11.0 Å². The van der Waals surface area contributed by atoms with E-state index in [-0.39, 0.29) is 17.7 Å². The molecule has 1 amide bonds. The van der Waals surface area contributed by atoms with E-state index in [2.05, 4.69) is 10.2 Å². The normalized spacial score (nSPS) is 22.7. The summed E-state index contributed by atoms with van der Waals surface area (Å²) in [5.41, 5.74) is 0. The Kier molecular flexibility index (Phi) is 5.53. The zero-order chi connectivity index (χ0) is 17.0. The van der Waals surface area contributed by atoms with Gasteiger partial charge < -0.3 is 10.2 Å². The predicted molar refractivity (Wildman–Crippen MR) is 92.5 cm³/mol. The fourth-order valence-electron chi connectivity index (χ4n) is 3.33. The van der Waals surface area contributed by atoms with Crippen molar-refractivity contribution in [2.75, 3.05) is 45.0 Å². The lowest BCUT2D eigenvalue weighted by atomic mass is 10.2. The molecule has 0 saturated carbocycles. The quantitative estimate of drug-likeness (QED) is 0.829. The summed E-state index contributed by atoms with van der Waals surface area (Å²) < 4.78 is 24.8. The van der Waals surface area contributed by atoms with Gasteiger partial charge in [0.05, 0.1) is 16.7 Å². The van der Waals surface area contributed by atoms with Gasteiger partial charge in [-0.05, 0) is 25.0 Å². The van der Waals surface area contributed by atoms with E-state index < -0.39 is 9.84 Å². The van der Waals surface area contributed by atoms with Gasteiger partial charge in [0.25, 0.3) is 0 Å². The average molecular weight is 351 g/mol. The number of carbonyl (C=O) groups is 1. The van der Waals surface area contributed by atoms with Crippen LogP contribution >= 0.6 is 0 Å². The minimum Gasteiger partial charge on any atom is -0.341 e. The monoisotopic (exact) mass is 351 g/mol. The number of hydrogen-bond acceptors (Lipinski definition) is 5. The van der Waals surface area contributed by atoms with Gasteiger partial charge in [0, 0.05) is 39.3 Å². The minimum absolute atomic E-state index is 0.0850. The first kappa shape index (κ1) is 17.4. The number of sulfone groups is 1. The van der Waals surface area contributed by atoms with Gasteiger partial charge in [-0.1, -0.05) is 18.2 Å². The third-order valence-corrected chi connectivity index (χ3v) is 6.46. The number of amides is 1. The molecule has 2 heterocycles. The number of piperazine rings is 1. The molecule has 24 heavy (non-hydrogen) atoms. The number of carbonyl (C=O) groups excluding carboxylic acids is 1. The van der Waals surface area contributed by atoms with Gasteiger partial charge in [0.15, 0.2) is 9.84 Å². The highest BCUT2D eigenvalue weighted by atomic mass is 32.2. The van der Waals surface area contributed by atoms with Crippen molar-refractivity contribution >= 4 is 15.7 Å². The number of nitrogens with zero attached hydrogens (tertiary/aromatic N) is 2. The standard InChI is InChI=1S/C17H25N3O3S/c21-17(20-9-4-5-10-20)16-14-19(11-8-18-16)12-13-24(22,23)15-6-2-1-3-7-15/h1-3,6-7,16,18H,4-5,8-14H2. The predicted octanol–water partition coefficient (Wildman–Crippen LogP) is 0.357. The Morgan fingerprint density at radius 3 is 2.54 bits per heavy atom. The zero-order valence-corrected chi connectivity index (χ0v) is 14.7. The van der Waals surface area contributed by atoms with Crippen molar-refractivity contribution in [1.82, 2.24) is 15.1 Å². The molecule has 0 bridgehead atoms. The van der Waals surface area contributed by atoms with Crippen LogP contribution in [0, 0.1) is 0 Å². The maximum absolute atomic E-state index is 12.5. The molecule has 0 aliphatic carbocycles. The number of likely N-dealkylation sites (tertiary alicyclic amines) is 1. The summed E-state index contributed by atoms with van der Waals surface area (Å²) in [6.45, 7) is 4.23. The molecular weight excluding hydrogens is 326 g/mol. The van der Waals surface area contributed by atoms with Crippen LogP contribution in [-0.4, -0.2) is 75.2 Å². The SMILES string of the molecule is O=C(C1CN(CCS(=O)(=O)c2ccccc2)CCN1)N1CCCC1. The Morgan fingerprint density at radius 1 is 1.12 bits per heavy atom. The summed E-state index contributed by atoms with van der Waals surface area (Å²) in [4.78, 5) is 16.9. The van der Waals surface area contributed by atoms with Crippen LogP contribution in [0.2, 0.25) is 0 Å². The second-order valence-electron chi connectivity index (χ2n) is 6.47. The van der Waals surface area contributed by atoms with Crippen LogP contribution < -0.4 is 5.32 Å². The van der Waals surface area contributed by atoms with Crippen LogP contribution in [0.5, 0.6) is 0 Å². The first-order valence-electron chi connectivity index (χ1n) is 8.58. The zero-order valence-electron chi connectivity index (χ0n) is 13.9. The van der Waals surface area contributed by atoms with Crippen molar-refractivity contribution in [2.24, 2.45) is 0 Å². The largest absolute Gasteiger partial charge is 0.341 e. The van der Waals surface area contributed by atoms with Gasteiger partial charge in [0.1, 0.15) is 0 Å². The Morgan fingerprint density at radius 2 is 1.83 bits per heavy atom. The molecular formula is C17H25N3O3S. The molecule has 1 unspecified atom stereocenters. The van der Waals surface area contributed by atoms with Crippen molar-refractivity contribution in [3.63, 3.8) is 0 Å². The highest BCUT2D eigenvalue weighted by Gasteiger charge is 2.30. The maximum atomic E-state index is 12.5. The van der Waals surface area contributed by atoms with Crippen LogP contribution in [0.15, 0.2) is 35.2 Å². The first-order chi connectivity index (χ1) is 11.6. The average Bonchev–Trinajstić information content (AvgIpc) is 3.15. The lowest BCUT2D eigenvalue weighted by Crippen LogP contribution is -2.58. The second-order valence-corrected chi connectivity index (χ2v) is 8.58. The fourth-order valence-corrected chi connectivity index (χ4v) is 4.64. The second kappa shape index (κ2) is 7.63.